The van der Waals surface area contributed by atoms with Gasteiger partial charge >= 0.3 is 6.18 Å². The molecule has 0 aliphatic carbocycles. The van der Waals surface area contributed by atoms with Gasteiger partial charge in [0, 0.05) is 31.7 Å². The zero-order valence-corrected chi connectivity index (χ0v) is 43.4. The van der Waals surface area contributed by atoms with Crippen LogP contribution in [0.1, 0.15) is 89.6 Å². The number of aliphatic hydroxyl groups is 1. The molecule has 2 N–H and O–H groups in total. The van der Waals surface area contributed by atoms with Crippen molar-refractivity contribution in [1.29, 1.82) is 5.26 Å². The van der Waals surface area contributed by atoms with Crippen LogP contribution in [0.2, 0.25) is 0 Å². The van der Waals surface area contributed by atoms with Gasteiger partial charge in [-0.1, -0.05) is 69.3 Å². The number of β-amino-alcohol motifs (C(OH)–C–C–N with tert-alkyl or cyclic N) is 1. The van der Waals surface area contributed by atoms with Crippen LogP contribution in [0.4, 0.5) is 24.5 Å². The number of aryl methyl sites for hydroxylation is 2. The summed E-state index contributed by atoms with van der Waals surface area (Å²) in [7, 11) is 0. The molecule has 13 nitrogen and oxygen atoms in total. The first-order chi connectivity index (χ1) is 34.5. The Hall–Kier alpha value is -6.52. The van der Waals surface area contributed by atoms with Crippen molar-refractivity contribution in [1.82, 2.24) is 15.2 Å². The molecule has 2 saturated heterocycles. The molecule has 1 aromatic heterocycles. The molecule has 4 atom stereocenters. The van der Waals surface area contributed by atoms with Gasteiger partial charge in [-0.05, 0) is 129 Å². The summed E-state index contributed by atoms with van der Waals surface area (Å²) in [4.78, 5) is 64.0. The predicted molar refractivity (Wildman–Crippen MR) is 278 cm³/mol. The van der Waals surface area contributed by atoms with E-state index in [1.807, 2.05) is 101 Å². The number of aromatic nitrogens is 1. The SMILES string of the molecule is Cc1ncsc1-c1ccc(CCC(=O)[C@@H]2C[C@@H](O)CN2C(=O)[C@@H](NC(=O)COCCC[C@H](C)Oc2ccc(-c3ccc(N4C(=S)N(c5ccc(C#N)c(C(F)(F)F)c5)C(=O)C4(C)C)cc3)cc2)C(C)(C)C)cc1. The van der Waals surface area contributed by atoms with E-state index in [9.17, 15) is 42.7 Å². The van der Waals surface area contributed by atoms with Gasteiger partial charge in [0.25, 0.3) is 5.91 Å². The lowest BCUT2D eigenvalue weighted by atomic mass is 9.85. The van der Waals surface area contributed by atoms with Crippen LogP contribution in [-0.4, -0.2) is 93.2 Å². The van der Waals surface area contributed by atoms with Crippen LogP contribution in [0.3, 0.4) is 0 Å². The minimum atomic E-state index is -4.81. The molecule has 73 heavy (non-hydrogen) atoms. The number of carbonyl (C=O) groups excluding carboxylic acids is 4. The number of ether oxygens (including phenoxy) is 2. The summed E-state index contributed by atoms with van der Waals surface area (Å²) < 4.78 is 53.2. The van der Waals surface area contributed by atoms with Crippen molar-refractivity contribution in [3.8, 4) is 33.4 Å². The molecule has 7 rings (SSSR count). The second-order valence-corrected chi connectivity index (χ2v) is 21.3. The van der Waals surface area contributed by atoms with E-state index in [0.717, 1.165) is 49.9 Å². The van der Waals surface area contributed by atoms with Gasteiger partial charge in [0.05, 0.1) is 57.2 Å². The van der Waals surface area contributed by atoms with E-state index in [-0.39, 0.29) is 55.3 Å². The third-order valence-corrected chi connectivity index (χ3v) is 14.5. The number of anilines is 2. The molecule has 0 spiro atoms. The lowest BCUT2D eigenvalue weighted by Gasteiger charge is -2.35. The average Bonchev–Trinajstić information content (AvgIpc) is 4.01. The number of hydrogen-bond donors (Lipinski definition) is 2. The van der Waals surface area contributed by atoms with Gasteiger partial charge in [0.2, 0.25) is 11.8 Å². The molecule has 2 fully saturated rings. The van der Waals surface area contributed by atoms with Gasteiger partial charge < -0.3 is 29.7 Å². The molecule has 4 aromatic carbocycles. The molecule has 0 bridgehead atoms. The number of carbonyl (C=O) groups is 4. The zero-order chi connectivity index (χ0) is 53.0. The van der Waals surface area contributed by atoms with Gasteiger partial charge in [-0.3, -0.25) is 24.1 Å². The maximum atomic E-state index is 14.1. The number of nitrogens with zero attached hydrogens (tertiary/aromatic N) is 5. The Morgan fingerprint density at radius 2 is 1.60 bits per heavy atom. The van der Waals surface area contributed by atoms with Gasteiger partial charge in [0.15, 0.2) is 10.9 Å². The number of rotatable bonds is 18. The highest BCUT2D eigenvalue weighted by atomic mass is 32.1. The average molecular weight is 1040 g/mol. The van der Waals surface area contributed by atoms with E-state index < -0.39 is 64.2 Å². The number of thiocarbonyl (C=S) groups is 1. The highest BCUT2D eigenvalue weighted by Crippen LogP contribution is 2.40. The van der Waals surface area contributed by atoms with E-state index in [2.05, 4.69) is 10.3 Å². The number of Topliss-reactive ketones (excluding diaryl/α,β-unsaturated/α-hetero) is 1. The topological polar surface area (TPSA) is 165 Å². The molecule has 3 amide bonds. The number of ketones is 1. The summed E-state index contributed by atoms with van der Waals surface area (Å²) in [5.74, 6) is -0.900. The molecule has 3 heterocycles. The third-order valence-electron chi connectivity index (χ3n) is 13.1. The maximum absolute atomic E-state index is 14.1. The Kier molecular flexibility index (Phi) is 16.6. The Bertz CT molecular complexity index is 2880. The Morgan fingerprint density at radius 1 is 0.973 bits per heavy atom. The van der Waals surface area contributed by atoms with E-state index in [0.29, 0.717) is 30.7 Å². The maximum Gasteiger partial charge on any atom is 0.417 e. The molecule has 2 aliphatic heterocycles. The van der Waals surface area contributed by atoms with Crippen LogP contribution in [0.5, 0.6) is 5.75 Å². The van der Waals surface area contributed by atoms with Gasteiger partial charge in [0.1, 0.15) is 23.9 Å². The van der Waals surface area contributed by atoms with Gasteiger partial charge in [-0.15, -0.1) is 11.3 Å². The van der Waals surface area contributed by atoms with Gasteiger partial charge in [-0.25, -0.2) is 4.98 Å². The number of amides is 3. The van der Waals surface area contributed by atoms with Crippen LogP contribution < -0.4 is 19.9 Å². The molecule has 18 heteroatoms. The lowest BCUT2D eigenvalue weighted by Crippen LogP contribution is -2.57. The Labute approximate surface area is 432 Å². The summed E-state index contributed by atoms with van der Waals surface area (Å²) in [6.45, 7) is 12.7. The molecule has 5 aromatic rings. The largest absolute Gasteiger partial charge is 0.491 e. The fourth-order valence-electron chi connectivity index (χ4n) is 9.13. The van der Waals surface area contributed by atoms with Crippen molar-refractivity contribution in [2.24, 2.45) is 5.41 Å². The number of nitriles is 1. The van der Waals surface area contributed by atoms with Crippen molar-refractivity contribution in [2.45, 2.75) is 117 Å². The number of benzene rings is 4. The standard InChI is InChI=1S/C55H59F3N6O7S2/c1-33(71-43-23-18-37(19-24-43)36-15-20-40(21-16-36)64-52(72)63(51(69)54(64,6)7)41-22-17-39(29-59)44(27-41)55(56,57)58)9-8-26-70-31-47(67)61-49(53(3,4)5)50(68)62-30-42(65)28-45(62)46(66)25-12-35-10-13-38(14-11-35)48-34(2)60-32-73-48/h10-11,13-24,27,32-33,42,45,49,65H,8-9,12,25-26,28,30-31H2,1-7H3,(H,61,67)/t33-,42+,45-,49+/m0/s1. The highest BCUT2D eigenvalue weighted by Gasteiger charge is 2.51. The third kappa shape index (κ3) is 12.5. The summed E-state index contributed by atoms with van der Waals surface area (Å²) >= 11 is 7.26. The molecule has 2 aliphatic rings. The summed E-state index contributed by atoms with van der Waals surface area (Å²) in [5.41, 5.74) is 3.41. The normalized spacial score (nSPS) is 17.6. The molecule has 384 valence electrons. The number of alkyl halides is 3. The second kappa shape index (κ2) is 22.3. The monoisotopic (exact) mass is 1040 g/mol. The number of nitrogens with one attached hydrogen (secondary N) is 1. The minimum absolute atomic E-state index is 0.00261. The van der Waals surface area contributed by atoms with E-state index in [1.54, 1.807) is 48.3 Å². The van der Waals surface area contributed by atoms with Crippen molar-refractivity contribution in [3.05, 3.63) is 119 Å². The first kappa shape index (κ1) is 54.3. The highest BCUT2D eigenvalue weighted by molar-refractivity contribution is 7.81. The predicted octanol–water partition coefficient (Wildman–Crippen LogP) is 9.85. The molecule has 0 unspecified atom stereocenters. The molecular weight excluding hydrogens is 978 g/mol. The zero-order valence-electron chi connectivity index (χ0n) is 41.8. The van der Waals surface area contributed by atoms with Crippen LogP contribution in [0.25, 0.3) is 21.6 Å². The second-order valence-electron chi connectivity index (χ2n) is 20.0. The van der Waals surface area contributed by atoms with Crippen LogP contribution >= 0.6 is 23.6 Å². The number of aliphatic hydroxyl groups excluding tert-OH is 1. The smallest absolute Gasteiger partial charge is 0.417 e. The van der Waals surface area contributed by atoms with E-state index in [1.165, 1.54) is 11.0 Å². The summed E-state index contributed by atoms with van der Waals surface area (Å²) in [6, 6.07) is 25.7. The van der Waals surface area contributed by atoms with Crippen LogP contribution in [0.15, 0.2) is 96.5 Å². The number of hydrogen-bond acceptors (Lipinski definition) is 11. The minimum Gasteiger partial charge on any atom is -0.491 e. The van der Waals surface area contributed by atoms with Crippen molar-refractivity contribution < 1.29 is 46.9 Å². The van der Waals surface area contributed by atoms with E-state index >= 15 is 0 Å². The van der Waals surface area contributed by atoms with Gasteiger partial charge in [-0.2, -0.15) is 18.4 Å². The quantitative estimate of drug-likeness (QED) is 0.0634. The Morgan fingerprint density at radius 3 is 2.21 bits per heavy atom. The molecule has 0 saturated carbocycles. The first-order valence-corrected chi connectivity index (χ1v) is 25.3. The van der Waals surface area contributed by atoms with Crippen molar-refractivity contribution in [3.63, 3.8) is 0 Å². The first-order valence-electron chi connectivity index (χ1n) is 24.0. The summed E-state index contributed by atoms with van der Waals surface area (Å²) in [5, 5.41) is 22.7. The number of thiazole rings is 1. The lowest BCUT2D eigenvalue weighted by molar-refractivity contribution is -0.144. The summed E-state index contributed by atoms with van der Waals surface area (Å²) in [6.07, 6.45) is -3.80. The molecular formula is C55H59F3N6O7S2. The molecule has 0 radical (unpaired) electrons. The van der Waals surface area contributed by atoms with Crippen LogP contribution in [-0.2, 0) is 36.5 Å². The fraction of sp³-hybridized carbons (Fsp3) is 0.400. The van der Waals surface area contributed by atoms with Crippen molar-refractivity contribution in [2.75, 3.05) is 29.6 Å². The van der Waals surface area contributed by atoms with Crippen LogP contribution in [0, 0.1) is 23.7 Å². The fourth-order valence-corrected chi connectivity index (χ4v) is 10.5. The Balaban J connectivity index is 0.855. The number of halogens is 3. The van der Waals surface area contributed by atoms with Crippen molar-refractivity contribution >= 4 is 63.5 Å². The van der Waals surface area contributed by atoms with E-state index in [4.69, 9.17) is 21.7 Å². The number of likely N-dealkylation sites (tertiary alicyclic amines) is 1.